The lowest BCUT2D eigenvalue weighted by Crippen LogP contribution is -2.64. The Bertz CT molecular complexity index is 121. The largest absolute Gasteiger partial charge is 0.392 e. The monoisotopic (exact) mass is 127 g/mol. The average molecular weight is 127 g/mol. The lowest BCUT2D eigenvalue weighted by molar-refractivity contribution is -0.133. The number of aliphatic hydroxyl groups excluding tert-OH is 1. The fourth-order valence-electron chi connectivity index (χ4n) is 2.09. The van der Waals surface area contributed by atoms with Gasteiger partial charge in [0.25, 0.3) is 0 Å². The van der Waals surface area contributed by atoms with Gasteiger partial charge in [0.15, 0.2) is 0 Å². The molecule has 2 saturated carbocycles. The molecular formula is C7H13NO. The van der Waals surface area contributed by atoms with Gasteiger partial charge in [-0.05, 0) is 19.3 Å². The Balaban J connectivity index is 2.08. The van der Waals surface area contributed by atoms with Crippen molar-refractivity contribution in [2.24, 2.45) is 11.1 Å². The van der Waals surface area contributed by atoms with Crippen LogP contribution in [0, 0.1) is 5.41 Å². The highest BCUT2D eigenvalue weighted by molar-refractivity contribution is 5.09. The smallest absolute Gasteiger partial charge is 0.0626 e. The van der Waals surface area contributed by atoms with Gasteiger partial charge in [0.2, 0.25) is 0 Å². The molecule has 2 aliphatic carbocycles. The maximum absolute atomic E-state index is 9.31. The second-order valence-electron chi connectivity index (χ2n) is 3.44. The molecule has 0 aromatic heterocycles. The molecule has 2 atom stereocenters. The molecule has 0 saturated heterocycles. The number of nitrogens with two attached hydrogens (primary N) is 1. The quantitative estimate of drug-likeness (QED) is 0.490. The van der Waals surface area contributed by atoms with Gasteiger partial charge in [0, 0.05) is 11.5 Å². The molecule has 2 nitrogen and oxygen atoms in total. The molecule has 9 heavy (non-hydrogen) atoms. The van der Waals surface area contributed by atoms with Crippen molar-refractivity contribution in [2.75, 3.05) is 0 Å². The first-order valence-corrected chi connectivity index (χ1v) is 3.69. The van der Waals surface area contributed by atoms with E-state index in [9.17, 15) is 5.11 Å². The highest BCUT2D eigenvalue weighted by Crippen LogP contribution is 2.54. The molecule has 3 N–H and O–H groups in total. The molecule has 0 unspecified atom stereocenters. The summed E-state index contributed by atoms with van der Waals surface area (Å²) in [5, 5.41) is 9.31. The van der Waals surface area contributed by atoms with Gasteiger partial charge in [0.05, 0.1) is 6.10 Å². The molecule has 0 aromatic carbocycles. The van der Waals surface area contributed by atoms with E-state index in [2.05, 4.69) is 0 Å². The van der Waals surface area contributed by atoms with Crippen LogP contribution in [0.5, 0.6) is 0 Å². The molecule has 2 fully saturated rings. The van der Waals surface area contributed by atoms with Crippen LogP contribution in [-0.2, 0) is 0 Å². The van der Waals surface area contributed by atoms with E-state index in [0.717, 1.165) is 19.3 Å². The van der Waals surface area contributed by atoms with Crippen molar-refractivity contribution in [1.29, 1.82) is 0 Å². The van der Waals surface area contributed by atoms with Crippen LogP contribution in [0.2, 0.25) is 0 Å². The molecule has 0 radical (unpaired) electrons. The van der Waals surface area contributed by atoms with E-state index < -0.39 is 0 Å². The molecule has 52 valence electrons. The van der Waals surface area contributed by atoms with Gasteiger partial charge >= 0.3 is 0 Å². The molecule has 0 aliphatic heterocycles. The van der Waals surface area contributed by atoms with Crippen LogP contribution in [0.3, 0.4) is 0 Å². The minimum absolute atomic E-state index is 0.0683. The molecule has 0 heterocycles. The molecule has 0 amide bonds. The first-order chi connectivity index (χ1) is 4.26. The first kappa shape index (κ1) is 5.69. The Morgan fingerprint density at radius 2 is 2.11 bits per heavy atom. The summed E-state index contributed by atoms with van der Waals surface area (Å²) >= 11 is 0. The zero-order valence-corrected chi connectivity index (χ0v) is 5.51. The summed E-state index contributed by atoms with van der Waals surface area (Å²) in [4.78, 5) is 0. The SMILES string of the molecule is N[C@H]1C[C@@H](O)C12CCC2. The summed E-state index contributed by atoms with van der Waals surface area (Å²) in [5.41, 5.74) is 5.94. The summed E-state index contributed by atoms with van der Waals surface area (Å²) in [7, 11) is 0. The third kappa shape index (κ3) is 0.485. The summed E-state index contributed by atoms with van der Waals surface area (Å²) < 4.78 is 0. The van der Waals surface area contributed by atoms with Crippen molar-refractivity contribution in [3.05, 3.63) is 0 Å². The zero-order valence-electron chi connectivity index (χ0n) is 5.51. The third-order valence-corrected chi connectivity index (χ3v) is 3.16. The fourth-order valence-corrected chi connectivity index (χ4v) is 2.09. The van der Waals surface area contributed by atoms with Gasteiger partial charge < -0.3 is 10.8 Å². The number of hydrogen-bond acceptors (Lipinski definition) is 2. The van der Waals surface area contributed by atoms with Crippen LogP contribution in [-0.4, -0.2) is 17.3 Å². The maximum Gasteiger partial charge on any atom is 0.0626 e. The lowest BCUT2D eigenvalue weighted by Gasteiger charge is -2.58. The maximum atomic E-state index is 9.31. The Labute approximate surface area is 55.1 Å². The van der Waals surface area contributed by atoms with Gasteiger partial charge in [-0.1, -0.05) is 6.42 Å². The van der Waals surface area contributed by atoms with E-state index >= 15 is 0 Å². The second-order valence-corrected chi connectivity index (χ2v) is 3.44. The van der Waals surface area contributed by atoms with Gasteiger partial charge in [-0.25, -0.2) is 0 Å². The van der Waals surface area contributed by atoms with E-state index in [0.29, 0.717) is 6.04 Å². The van der Waals surface area contributed by atoms with Crippen LogP contribution in [0.25, 0.3) is 0 Å². The summed E-state index contributed by atoms with van der Waals surface area (Å²) in [6, 6.07) is 0.307. The fraction of sp³-hybridized carbons (Fsp3) is 1.00. The van der Waals surface area contributed by atoms with Gasteiger partial charge in [0.1, 0.15) is 0 Å². The van der Waals surface area contributed by atoms with Crippen LogP contribution in [0.4, 0.5) is 0 Å². The van der Waals surface area contributed by atoms with E-state index in [-0.39, 0.29) is 11.5 Å². The number of hydrogen-bond donors (Lipinski definition) is 2. The van der Waals surface area contributed by atoms with Crippen molar-refractivity contribution in [2.45, 2.75) is 37.8 Å². The molecule has 0 aromatic rings. The van der Waals surface area contributed by atoms with Crippen LogP contribution < -0.4 is 5.73 Å². The lowest BCUT2D eigenvalue weighted by atomic mass is 9.51. The van der Waals surface area contributed by atoms with E-state index in [4.69, 9.17) is 5.73 Å². The molecule has 2 rings (SSSR count). The highest BCUT2D eigenvalue weighted by Gasteiger charge is 2.55. The minimum Gasteiger partial charge on any atom is -0.392 e. The molecule has 2 aliphatic rings. The predicted molar refractivity (Wildman–Crippen MR) is 34.9 cm³/mol. The normalized spacial score (nSPS) is 46.0. The zero-order chi connectivity index (χ0) is 6.48. The highest BCUT2D eigenvalue weighted by atomic mass is 16.3. The summed E-state index contributed by atoms with van der Waals surface area (Å²) in [5.74, 6) is 0. The minimum atomic E-state index is -0.0683. The topological polar surface area (TPSA) is 46.2 Å². The Kier molecular flexibility index (Phi) is 0.945. The average Bonchev–Trinajstić information content (AvgIpc) is 1.60. The van der Waals surface area contributed by atoms with Crippen LogP contribution >= 0.6 is 0 Å². The standard InChI is InChI=1S/C7H13NO/c8-5-4-6(9)7(5)2-1-3-7/h5-6,9H,1-4,8H2/t5-,6+/m0/s1. The molecular weight excluding hydrogens is 114 g/mol. The Morgan fingerprint density at radius 3 is 2.22 bits per heavy atom. The summed E-state index contributed by atoms with van der Waals surface area (Å²) in [6.45, 7) is 0. The van der Waals surface area contributed by atoms with Crippen molar-refractivity contribution < 1.29 is 5.11 Å². The van der Waals surface area contributed by atoms with Crippen LogP contribution in [0.15, 0.2) is 0 Å². The third-order valence-electron chi connectivity index (χ3n) is 3.16. The molecule has 2 heteroatoms. The van der Waals surface area contributed by atoms with Crippen molar-refractivity contribution in [3.63, 3.8) is 0 Å². The predicted octanol–water partition coefficient (Wildman–Crippen LogP) is 0.249. The molecule has 1 spiro atoms. The Morgan fingerprint density at radius 1 is 1.44 bits per heavy atom. The van der Waals surface area contributed by atoms with Gasteiger partial charge in [-0.2, -0.15) is 0 Å². The van der Waals surface area contributed by atoms with Crippen molar-refractivity contribution in [1.82, 2.24) is 0 Å². The summed E-state index contributed by atoms with van der Waals surface area (Å²) in [6.07, 6.45) is 4.36. The number of rotatable bonds is 0. The van der Waals surface area contributed by atoms with Crippen molar-refractivity contribution in [3.8, 4) is 0 Å². The van der Waals surface area contributed by atoms with E-state index in [1.807, 2.05) is 0 Å². The Hall–Kier alpha value is -0.0800. The van der Waals surface area contributed by atoms with E-state index in [1.54, 1.807) is 0 Å². The number of aliphatic hydroxyl groups is 1. The molecule has 0 bridgehead atoms. The van der Waals surface area contributed by atoms with Gasteiger partial charge in [-0.15, -0.1) is 0 Å². The van der Waals surface area contributed by atoms with Gasteiger partial charge in [-0.3, -0.25) is 0 Å². The van der Waals surface area contributed by atoms with E-state index in [1.165, 1.54) is 6.42 Å². The second kappa shape index (κ2) is 1.50. The van der Waals surface area contributed by atoms with Crippen molar-refractivity contribution >= 4 is 0 Å². The first-order valence-electron chi connectivity index (χ1n) is 3.69. The van der Waals surface area contributed by atoms with Crippen LogP contribution in [0.1, 0.15) is 25.7 Å².